The Morgan fingerprint density at radius 3 is 2.83 bits per heavy atom. The van der Waals surface area contributed by atoms with Crippen molar-refractivity contribution in [3.8, 4) is 0 Å². The predicted molar refractivity (Wildman–Crippen MR) is 93.7 cm³/mol. The minimum absolute atomic E-state index is 0.0823. The Balaban J connectivity index is 1.68. The van der Waals surface area contributed by atoms with Gasteiger partial charge >= 0.3 is 0 Å². The van der Waals surface area contributed by atoms with Crippen LogP contribution in [0.4, 0.5) is 5.82 Å². The van der Waals surface area contributed by atoms with Crippen molar-refractivity contribution in [2.24, 2.45) is 0 Å². The fourth-order valence-corrected chi connectivity index (χ4v) is 3.20. The Morgan fingerprint density at radius 2 is 2.09 bits per heavy atom. The number of carbonyl (C=O) groups is 1. The first-order chi connectivity index (χ1) is 11.2. The number of aryl methyl sites for hydroxylation is 2. The number of anilines is 1. The van der Waals surface area contributed by atoms with E-state index >= 15 is 0 Å². The molecule has 6 heteroatoms. The topological polar surface area (TPSA) is 59.8 Å². The fourth-order valence-electron chi connectivity index (χ4n) is 2.32. The number of nitrogens with one attached hydrogen (secondary N) is 1. The molecule has 23 heavy (non-hydrogen) atoms. The van der Waals surface area contributed by atoms with Crippen molar-refractivity contribution in [1.82, 2.24) is 14.5 Å². The van der Waals surface area contributed by atoms with Crippen LogP contribution in [0.1, 0.15) is 12.5 Å². The van der Waals surface area contributed by atoms with Crippen molar-refractivity contribution >= 4 is 34.5 Å². The van der Waals surface area contributed by atoms with E-state index in [1.165, 1.54) is 11.8 Å². The molecular weight excluding hydrogens is 308 g/mol. The predicted octanol–water partition coefficient (Wildman–Crippen LogP) is 3.49. The van der Waals surface area contributed by atoms with Crippen molar-refractivity contribution in [1.29, 1.82) is 0 Å². The molecule has 3 aromatic rings. The molecule has 0 atom stereocenters. The maximum Gasteiger partial charge on any atom is 0.236 e. The lowest BCUT2D eigenvalue weighted by Gasteiger charge is -2.06. The molecule has 0 aliphatic rings. The van der Waals surface area contributed by atoms with Crippen LogP contribution in [0, 0.1) is 6.92 Å². The third-order valence-electron chi connectivity index (χ3n) is 3.45. The minimum Gasteiger partial charge on any atom is -0.319 e. The first kappa shape index (κ1) is 15.6. The van der Waals surface area contributed by atoms with Gasteiger partial charge < -0.3 is 9.88 Å². The van der Waals surface area contributed by atoms with Crippen molar-refractivity contribution in [2.45, 2.75) is 25.5 Å². The Kier molecular flexibility index (Phi) is 4.62. The van der Waals surface area contributed by atoms with Crippen LogP contribution in [0.2, 0.25) is 0 Å². The highest BCUT2D eigenvalue weighted by Crippen LogP contribution is 2.24. The molecule has 0 saturated carbocycles. The second-order valence-corrected chi connectivity index (χ2v) is 6.13. The molecule has 118 valence electrons. The van der Waals surface area contributed by atoms with Gasteiger partial charge in [-0.15, -0.1) is 0 Å². The van der Waals surface area contributed by atoms with Gasteiger partial charge in [0.15, 0.2) is 5.16 Å². The third kappa shape index (κ3) is 3.53. The lowest BCUT2D eigenvalue weighted by atomic mass is 10.3. The normalized spacial score (nSPS) is 10.9. The molecule has 0 aliphatic carbocycles. The van der Waals surface area contributed by atoms with E-state index in [9.17, 15) is 4.79 Å². The van der Waals surface area contributed by atoms with E-state index in [0.717, 1.165) is 28.3 Å². The van der Waals surface area contributed by atoms with Crippen LogP contribution in [0.3, 0.4) is 0 Å². The van der Waals surface area contributed by atoms with Gasteiger partial charge in [0.2, 0.25) is 5.91 Å². The molecular formula is C17H18N4OS. The molecule has 2 heterocycles. The monoisotopic (exact) mass is 326 g/mol. The zero-order valence-corrected chi connectivity index (χ0v) is 13.9. The van der Waals surface area contributed by atoms with Crippen molar-refractivity contribution < 1.29 is 4.79 Å². The number of rotatable bonds is 5. The van der Waals surface area contributed by atoms with Gasteiger partial charge in [-0.25, -0.2) is 9.97 Å². The average Bonchev–Trinajstić information content (AvgIpc) is 2.92. The molecule has 1 amide bonds. The number of fused-ring (bicyclic) bond motifs is 1. The van der Waals surface area contributed by atoms with Gasteiger partial charge in [-0.05, 0) is 37.6 Å². The lowest BCUT2D eigenvalue weighted by molar-refractivity contribution is -0.113. The number of carbonyl (C=O) groups excluding carboxylic acids is 1. The van der Waals surface area contributed by atoms with Gasteiger partial charge in [-0.3, -0.25) is 4.79 Å². The molecule has 0 spiro atoms. The van der Waals surface area contributed by atoms with E-state index in [2.05, 4.69) is 26.8 Å². The number of aromatic nitrogens is 3. The SMILES string of the molecule is CCn1c(SCC(=O)Nc2ccc(C)cn2)nc2ccccc21. The van der Waals surface area contributed by atoms with Crippen molar-refractivity contribution in [3.05, 3.63) is 48.2 Å². The molecule has 3 rings (SSSR count). The first-order valence-corrected chi connectivity index (χ1v) is 8.46. The summed E-state index contributed by atoms with van der Waals surface area (Å²) in [6, 6.07) is 11.7. The number of para-hydroxylation sites is 2. The maximum absolute atomic E-state index is 12.1. The van der Waals surface area contributed by atoms with E-state index in [0.29, 0.717) is 11.6 Å². The molecule has 0 aliphatic heterocycles. The largest absolute Gasteiger partial charge is 0.319 e. The van der Waals surface area contributed by atoms with E-state index in [1.54, 1.807) is 12.3 Å². The number of amides is 1. The summed E-state index contributed by atoms with van der Waals surface area (Å²) >= 11 is 1.44. The smallest absolute Gasteiger partial charge is 0.236 e. The van der Waals surface area contributed by atoms with E-state index < -0.39 is 0 Å². The summed E-state index contributed by atoms with van der Waals surface area (Å²) in [6.07, 6.45) is 1.74. The fraction of sp³-hybridized carbons (Fsp3) is 0.235. The van der Waals surface area contributed by atoms with Crippen LogP contribution < -0.4 is 5.32 Å². The van der Waals surface area contributed by atoms with Crippen LogP contribution in [0.15, 0.2) is 47.8 Å². The highest BCUT2D eigenvalue weighted by atomic mass is 32.2. The molecule has 1 N–H and O–H groups in total. The molecule has 1 aromatic carbocycles. The van der Waals surface area contributed by atoms with Crippen LogP contribution >= 0.6 is 11.8 Å². The number of pyridine rings is 1. The van der Waals surface area contributed by atoms with Gasteiger partial charge in [0, 0.05) is 12.7 Å². The Labute approximate surface area is 139 Å². The third-order valence-corrected chi connectivity index (χ3v) is 4.42. The Morgan fingerprint density at radius 1 is 1.26 bits per heavy atom. The molecule has 0 bridgehead atoms. The molecule has 2 aromatic heterocycles. The second kappa shape index (κ2) is 6.83. The zero-order valence-electron chi connectivity index (χ0n) is 13.1. The molecule has 5 nitrogen and oxygen atoms in total. The quantitative estimate of drug-likeness (QED) is 0.729. The van der Waals surface area contributed by atoms with E-state index in [-0.39, 0.29) is 5.91 Å². The van der Waals surface area contributed by atoms with E-state index in [1.807, 2.05) is 37.3 Å². The maximum atomic E-state index is 12.1. The van der Waals surface area contributed by atoms with Crippen LogP contribution in [-0.4, -0.2) is 26.2 Å². The average molecular weight is 326 g/mol. The lowest BCUT2D eigenvalue weighted by Crippen LogP contribution is -2.15. The van der Waals surface area contributed by atoms with Gasteiger partial charge in [-0.2, -0.15) is 0 Å². The Hall–Kier alpha value is -2.34. The molecule has 0 fully saturated rings. The number of imidazole rings is 1. The summed E-state index contributed by atoms with van der Waals surface area (Å²) in [6.45, 7) is 4.86. The first-order valence-electron chi connectivity index (χ1n) is 7.48. The Bertz CT molecular complexity index is 826. The second-order valence-electron chi connectivity index (χ2n) is 5.18. The summed E-state index contributed by atoms with van der Waals surface area (Å²) in [5.74, 6) is 0.796. The van der Waals surface area contributed by atoms with E-state index in [4.69, 9.17) is 0 Å². The van der Waals surface area contributed by atoms with Crippen molar-refractivity contribution in [3.63, 3.8) is 0 Å². The van der Waals surface area contributed by atoms with Crippen LogP contribution in [0.5, 0.6) is 0 Å². The number of nitrogens with zero attached hydrogens (tertiary/aromatic N) is 3. The minimum atomic E-state index is -0.0823. The molecule has 0 saturated heterocycles. The summed E-state index contributed by atoms with van der Waals surface area (Å²) in [4.78, 5) is 20.9. The number of benzene rings is 1. The molecule has 0 unspecified atom stereocenters. The van der Waals surface area contributed by atoms with Gasteiger partial charge in [0.05, 0.1) is 16.8 Å². The highest BCUT2D eigenvalue weighted by Gasteiger charge is 2.12. The summed E-state index contributed by atoms with van der Waals surface area (Å²) in [5.41, 5.74) is 3.12. The van der Waals surface area contributed by atoms with Gasteiger partial charge in [0.1, 0.15) is 5.82 Å². The number of thioether (sulfide) groups is 1. The van der Waals surface area contributed by atoms with Gasteiger partial charge in [-0.1, -0.05) is 30.0 Å². The zero-order chi connectivity index (χ0) is 16.2. The van der Waals surface area contributed by atoms with Crippen LogP contribution in [0.25, 0.3) is 11.0 Å². The summed E-state index contributed by atoms with van der Waals surface area (Å²) in [7, 11) is 0. The number of hydrogen-bond donors (Lipinski definition) is 1. The van der Waals surface area contributed by atoms with Crippen molar-refractivity contribution in [2.75, 3.05) is 11.1 Å². The molecule has 0 radical (unpaired) electrons. The number of hydrogen-bond acceptors (Lipinski definition) is 4. The summed E-state index contributed by atoms with van der Waals surface area (Å²) < 4.78 is 2.12. The van der Waals surface area contributed by atoms with Gasteiger partial charge in [0.25, 0.3) is 0 Å². The standard InChI is InChI=1S/C17H18N4OS/c1-3-21-14-7-5-4-6-13(14)19-17(21)23-11-16(22)20-15-9-8-12(2)10-18-15/h4-10H,3,11H2,1-2H3,(H,18,20,22). The highest BCUT2D eigenvalue weighted by molar-refractivity contribution is 7.99. The summed E-state index contributed by atoms with van der Waals surface area (Å²) in [5, 5.41) is 3.66. The van der Waals surface area contributed by atoms with Crippen LogP contribution in [-0.2, 0) is 11.3 Å².